The normalized spacial score (nSPS) is 22.6. The molecule has 1 saturated heterocycles. The fourth-order valence-corrected chi connectivity index (χ4v) is 4.76. The fraction of sp³-hybridized carbons (Fsp3) is 0.478. The highest BCUT2D eigenvalue weighted by Crippen LogP contribution is 2.37. The van der Waals surface area contributed by atoms with Gasteiger partial charge in [-0.3, -0.25) is 4.90 Å². The highest BCUT2D eigenvalue weighted by atomic mass is 16.5. The number of aryl methyl sites for hydroxylation is 1. The number of aliphatic hydroxyl groups excluding tert-OH is 1. The second kappa shape index (κ2) is 8.02. The van der Waals surface area contributed by atoms with Crippen LogP contribution in [-0.4, -0.2) is 62.6 Å². The van der Waals surface area contributed by atoms with Crippen molar-refractivity contribution in [2.45, 2.75) is 31.9 Å². The smallest absolute Gasteiger partial charge is 0.122 e. The number of hydrogen-bond donors (Lipinski definition) is 1. The minimum atomic E-state index is -0.390. The molecule has 2 aliphatic rings. The molecule has 1 aliphatic heterocycles. The summed E-state index contributed by atoms with van der Waals surface area (Å²) in [5.74, 6) is 1.74. The molecular weight excluding hydrogens is 352 g/mol. The number of rotatable bonds is 4. The van der Waals surface area contributed by atoms with Crippen LogP contribution in [0.5, 0.6) is 11.5 Å². The molecule has 150 valence electrons. The van der Waals surface area contributed by atoms with Crippen LogP contribution >= 0.6 is 0 Å². The van der Waals surface area contributed by atoms with Gasteiger partial charge in [0.15, 0.2) is 0 Å². The molecule has 5 nitrogen and oxygen atoms in total. The Labute approximate surface area is 167 Å². The largest absolute Gasteiger partial charge is 0.496 e. The third-order valence-electron chi connectivity index (χ3n) is 6.30. The van der Waals surface area contributed by atoms with Crippen LogP contribution in [0.1, 0.15) is 16.7 Å². The topological polar surface area (TPSA) is 45.2 Å². The monoisotopic (exact) mass is 382 g/mol. The first-order chi connectivity index (χ1) is 13.6. The van der Waals surface area contributed by atoms with Gasteiger partial charge in [0.25, 0.3) is 0 Å². The van der Waals surface area contributed by atoms with Gasteiger partial charge in [0.2, 0.25) is 0 Å². The van der Waals surface area contributed by atoms with Crippen LogP contribution in [0.4, 0.5) is 5.69 Å². The van der Waals surface area contributed by atoms with Gasteiger partial charge in [-0.2, -0.15) is 0 Å². The quantitative estimate of drug-likeness (QED) is 0.881. The van der Waals surface area contributed by atoms with Gasteiger partial charge in [-0.15, -0.1) is 0 Å². The van der Waals surface area contributed by atoms with E-state index in [1.807, 2.05) is 12.1 Å². The van der Waals surface area contributed by atoms with Gasteiger partial charge in [0.05, 0.1) is 20.3 Å². The van der Waals surface area contributed by atoms with E-state index in [2.05, 4.69) is 41.0 Å². The summed E-state index contributed by atoms with van der Waals surface area (Å²) in [5, 5.41) is 10.9. The van der Waals surface area contributed by atoms with Crippen molar-refractivity contribution in [2.75, 3.05) is 45.3 Å². The molecule has 0 bridgehead atoms. The number of nitrogens with zero attached hydrogens (tertiary/aromatic N) is 2. The minimum absolute atomic E-state index is 0.118. The molecule has 0 spiro atoms. The summed E-state index contributed by atoms with van der Waals surface area (Å²) in [4.78, 5) is 4.90. The zero-order valence-corrected chi connectivity index (χ0v) is 17.0. The standard InChI is InChI=1S/C23H30N2O3/c1-16-6-4-5-7-19(16)24-10-12-25(13-11-24)20-14-17-18(15-21(20)26)23(28-3)9-8-22(17)27-2/h4-9,20-21,26H,10-15H2,1-3H3/t20-,21-/m0/s1. The predicted molar refractivity (Wildman–Crippen MR) is 112 cm³/mol. The van der Waals surface area contributed by atoms with E-state index in [4.69, 9.17) is 9.47 Å². The predicted octanol–water partition coefficient (Wildman–Crippen LogP) is 2.66. The van der Waals surface area contributed by atoms with Gasteiger partial charge in [0, 0.05) is 55.5 Å². The molecule has 2 aromatic carbocycles. The Balaban J connectivity index is 1.50. The Kier molecular flexibility index (Phi) is 5.47. The van der Waals surface area contributed by atoms with Crippen molar-refractivity contribution in [3.63, 3.8) is 0 Å². The van der Waals surface area contributed by atoms with Gasteiger partial charge < -0.3 is 19.5 Å². The van der Waals surface area contributed by atoms with E-state index in [1.54, 1.807) is 14.2 Å². The Morgan fingerprint density at radius 1 is 0.857 bits per heavy atom. The molecule has 0 radical (unpaired) electrons. The molecule has 1 N–H and O–H groups in total. The molecular formula is C23H30N2O3. The maximum absolute atomic E-state index is 10.9. The molecule has 0 saturated carbocycles. The third kappa shape index (κ3) is 3.45. The Morgan fingerprint density at radius 2 is 1.46 bits per heavy atom. The molecule has 0 aromatic heterocycles. The van der Waals surface area contributed by atoms with Gasteiger partial charge in [-0.25, -0.2) is 0 Å². The van der Waals surface area contributed by atoms with Crippen LogP contribution in [0, 0.1) is 6.92 Å². The molecule has 1 fully saturated rings. The summed E-state index contributed by atoms with van der Waals surface area (Å²) < 4.78 is 11.1. The lowest BCUT2D eigenvalue weighted by atomic mass is 9.84. The van der Waals surface area contributed by atoms with Crippen LogP contribution in [0.25, 0.3) is 0 Å². The van der Waals surface area contributed by atoms with Gasteiger partial charge in [-0.05, 0) is 37.1 Å². The SMILES string of the molecule is COc1ccc(OC)c2c1C[C@H](O)[C@@H](N1CCN(c3ccccc3C)CC1)C2. The van der Waals surface area contributed by atoms with Gasteiger partial charge >= 0.3 is 0 Å². The maximum atomic E-state index is 10.9. The van der Waals surface area contributed by atoms with Gasteiger partial charge in [0.1, 0.15) is 11.5 Å². The van der Waals surface area contributed by atoms with Crippen LogP contribution in [0.2, 0.25) is 0 Å². The van der Waals surface area contributed by atoms with Crippen LogP contribution in [-0.2, 0) is 12.8 Å². The summed E-state index contributed by atoms with van der Waals surface area (Å²) in [7, 11) is 3.40. The first kappa shape index (κ1) is 19.1. The number of benzene rings is 2. The van der Waals surface area contributed by atoms with Crippen LogP contribution in [0.15, 0.2) is 36.4 Å². The van der Waals surface area contributed by atoms with E-state index in [9.17, 15) is 5.11 Å². The lowest BCUT2D eigenvalue weighted by Crippen LogP contribution is -2.56. The van der Waals surface area contributed by atoms with Crippen LogP contribution < -0.4 is 14.4 Å². The van der Waals surface area contributed by atoms with E-state index in [1.165, 1.54) is 16.8 Å². The fourth-order valence-electron chi connectivity index (χ4n) is 4.76. The Hall–Kier alpha value is -2.24. The third-order valence-corrected chi connectivity index (χ3v) is 6.30. The van der Waals surface area contributed by atoms with Crippen molar-refractivity contribution in [1.82, 2.24) is 4.90 Å². The molecule has 1 heterocycles. The van der Waals surface area contributed by atoms with Crippen molar-refractivity contribution < 1.29 is 14.6 Å². The molecule has 5 heteroatoms. The van der Waals surface area contributed by atoms with E-state index < -0.39 is 6.10 Å². The molecule has 0 unspecified atom stereocenters. The van der Waals surface area contributed by atoms with Crippen molar-refractivity contribution in [3.05, 3.63) is 53.1 Å². The van der Waals surface area contributed by atoms with E-state index in [0.29, 0.717) is 6.42 Å². The second-order valence-corrected chi connectivity index (χ2v) is 7.78. The average molecular weight is 383 g/mol. The summed E-state index contributed by atoms with van der Waals surface area (Å²) in [6.07, 6.45) is 1.01. The minimum Gasteiger partial charge on any atom is -0.496 e. The van der Waals surface area contributed by atoms with Crippen LogP contribution in [0.3, 0.4) is 0 Å². The summed E-state index contributed by atoms with van der Waals surface area (Å²) in [6, 6.07) is 12.6. The summed E-state index contributed by atoms with van der Waals surface area (Å²) in [5.41, 5.74) is 4.91. The van der Waals surface area contributed by atoms with Gasteiger partial charge in [-0.1, -0.05) is 18.2 Å². The molecule has 2 atom stereocenters. The highest BCUT2D eigenvalue weighted by molar-refractivity contribution is 5.54. The lowest BCUT2D eigenvalue weighted by molar-refractivity contribution is 0.0385. The molecule has 28 heavy (non-hydrogen) atoms. The number of para-hydroxylation sites is 1. The van der Waals surface area contributed by atoms with Crippen molar-refractivity contribution in [2.24, 2.45) is 0 Å². The van der Waals surface area contributed by atoms with E-state index in [-0.39, 0.29) is 6.04 Å². The number of anilines is 1. The first-order valence-corrected chi connectivity index (χ1v) is 10.1. The first-order valence-electron chi connectivity index (χ1n) is 10.1. The maximum Gasteiger partial charge on any atom is 0.122 e. The second-order valence-electron chi connectivity index (χ2n) is 7.78. The number of aliphatic hydroxyl groups is 1. The number of methoxy groups -OCH3 is 2. The molecule has 1 aliphatic carbocycles. The summed E-state index contributed by atoms with van der Waals surface area (Å²) in [6.45, 7) is 6.05. The molecule has 0 amide bonds. The zero-order chi connectivity index (χ0) is 19.7. The highest BCUT2D eigenvalue weighted by Gasteiger charge is 2.36. The van der Waals surface area contributed by atoms with Crippen molar-refractivity contribution in [3.8, 4) is 11.5 Å². The number of hydrogen-bond acceptors (Lipinski definition) is 5. The van der Waals surface area contributed by atoms with E-state index >= 15 is 0 Å². The van der Waals surface area contributed by atoms with E-state index in [0.717, 1.165) is 49.7 Å². The Bertz CT molecular complexity index is 831. The number of ether oxygens (including phenoxy) is 2. The van der Waals surface area contributed by atoms with Crippen molar-refractivity contribution >= 4 is 5.69 Å². The van der Waals surface area contributed by atoms with Crippen molar-refractivity contribution in [1.29, 1.82) is 0 Å². The Morgan fingerprint density at radius 3 is 2.07 bits per heavy atom. The number of fused-ring (bicyclic) bond motifs is 1. The zero-order valence-electron chi connectivity index (χ0n) is 17.0. The number of piperazine rings is 1. The lowest BCUT2D eigenvalue weighted by Gasteiger charge is -2.44. The molecule has 2 aromatic rings. The average Bonchev–Trinajstić information content (AvgIpc) is 2.73. The summed E-state index contributed by atoms with van der Waals surface area (Å²) >= 11 is 0. The molecule has 4 rings (SSSR count).